The quantitative estimate of drug-likeness (QED) is 0.819. The van der Waals surface area contributed by atoms with Crippen molar-refractivity contribution >= 4 is 0 Å². The summed E-state index contributed by atoms with van der Waals surface area (Å²) < 4.78 is 43.2. The van der Waals surface area contributed by atoms with E-state index in [9.17, 15) is 13.2 Å². The normalized spacial score (nSPS) is 11.9. The molecule has 21 heavy (non-hydrogen) atoms. The predicted molar refractivity (Wildman–Crippen MR) is 73.9 cm³/mol. The van der Waals surface area contributed by atoms with Crippen LogP contribution in [0.15, 0.2) is 34.7 Å². The Morgan fingerprint density at radius 3 is 2.33 bits per heavy atom. The van der Waals surface area contributed by atoms with Crippen molar-refractivity contribution in [3.63, 3.8) is 0 Å². The van der Waals surface area contributed by atoms with Crippen LogP contribution in [0.25, 0.3) is 11.3 Å². The molecule has 0 aliphatic carbocycles. The fraction of sp³-hybridized carbons (Fsp3) is 0.375. The Labute approximate surface area is 121 Å². The summed E-state index contributed by atoms with van der Waals surface area (Å²) in [5, 5.41) is 8.77. The molecular formula is C16H17F3O2. The van der Waals surface area contributed by atoms with Crippen molar-refractivity contribution in [3.8, 4) is 11.3 Å². The van der Waals surface area contributed by atoms with Gasteiger partial charge in [0.1, 0.15) is 11.5 Å². The average Bonchev–Trinajstić information content (AvgIpc) is 2.80. The molecule has 0 saturated heterocycles. The Balaban J connectivity index is 2.17. The average molecular weight is 298 g/mol. The zero-order valence-electron chi connectivity index (χ0n) is 11.7. The van der Waals surface area contributed by atoms with Crippen molar-refractivity contribution < 1.29 is 22.7 Å². The first-order valence-electron chi connectivity index (χ1n) is 6.79. The molecule has 0 bridgehead atoms. The van der Waals surface area contributed by atoms with Crippen LogP contribution >= 0.6 is 0 Å². The number of unbranched alkanes of at least 4 members (excludes halogenated alkanes) is 1. The number of hydrogen-bond donors (Lipinski definition) is 1. The highest BCUT2D eigenvalue weighted by atomic mass is 19.4. The van der Waals surface area contributed by atoms with Crippen LogP contribution in [-0.4, -0.2) is 11.7 Å². The molecule has 1 heterocycles. The second-order valence-electron chi connectivity index (χ2n) is 4.95. The van der Waals surface area contributed by atoms with E-state index < -0.39 is 11.7 Å². The van der Waals surface area contributed by atoms with Gasteiger partial charge in [-0.1, -0.05) is 12.1 Å². The number of halogens is 3. The molecule has 0 unspecified atom stereocenters. The van der Waals surface area contributed by atoms with Crippen LogP contribution in [0.5, 0.6) is 0 Å². The van der Waals surface area contributed by atoms with E-state index in [0.29, 0.717) is 11.3 Å². The van der Waals surface area contributed by atoms with Crippen LogP contribution in [-0.2, 0) is 12.6 Å². The molecule has 0 amide bonds. The molecule has 0 fully saturated rings. The molecule has 0 atom stereocenters. The third kappa shape index (κ3) is 3.88. The molecule has 2 nitrogen and oxygen atoms in total. The van der Waals surface area contributed by atoms with E-state index in [4.69, 9.17) is 9.52 Å². The van der Waals surface area contributed by atoms with Gasteiger partial charge >= 0.3 is 6.18 Å². The molecule has 0 spiro atoms. The van der Waals surface area contributed by atoms with Crippen LogP contribution in [0.4, 0.5) is 13.2 Å². The van der Waals surface area contributed by atoms with Crippen LogP contribution in [0, 0.1) is 6.92 Å². The van der Waals surface area contributed by atoms with Crippen molar-refractivity contribution in [3.05, 3.63) is 47.2 Å². The van der Waals surface area contributed by atoms with E-state index in [1.807, 2.05) is 13.0 Å². The van der Waals surface area contributed by atoms with E-state index in [-0.39, 0.29) is 6.61 Å². The van der Waals surface area contributed by atoms with Gasteiger partial charge in [0.05, 0.1) is 5.56 Å². The van der Waals surface area contributed by atoms with Gasteiger partial charge < -0.3 is 9.52 Å². The molecule has 1 N–H and O–H groups in total. The monoisotopic (exact) mass is 298 g/mol. The Morgan fingerprint density at radius 2 is 1.76 bits per heavy atom. The van der Waals surface area contributed by atoms with Gasteiger partial charge in [-0.25, -0.2) is 0 Å². The lowest BCUT2D eigenvalue weighted by Gasteiger charge is -2.06. The van der Waals surface area contributed by atoms with Crippen molar-refractivity contribution in [1.82, 2.24) is 0 Å². The summed E-state index contributed by atoms with van der Waals surface area (Å²) in [6.07, 6.45) is -1.97. The fourth-order valence-corrected chi connectivity index (χ4v) is 2.16. The van der Waals surface area contributed by atoms with Crippen LogP contribution in [0.1, 0.15) is 29.7 Å². The summed E-state index contributed by atoms with van der Waals surface area (Å²) in [5.41, 5.74) is 0.982. The van der Waals surface area contributed by atoms with Gasteiger partial charge in [-0.3, -0.25) is 0 Å². The maximum atomic E-state index is 12.5. The van der Waals surface area contributed by atoms with Crippen molar-refractivity contribution in [2.75, 3.05) is 6.61 Å². The lowest BCUT2D eigenvalue weighted by molar-refractivity contribution is -0.137. The van der Waals surface area contributed by atoms with Gasteiger partial charge in [0, 0.05) is 12.2 Å². The smallest absolute Gasteiger partial charge is 0.416 e. The molecule has 0 radical (unpaired) electrons. The number of aliphatic hydroxyl groups is 1. The largest absolute Gasteiger partial charge is 0.461 e. The molecule has 2 aromatic rings. The molecule has 2 rings (SSSR count). The second-order valence-corrected chi connectivity index (χ2v) is 4.95. The third-order valence-corrected chi connectivity index (χ3v) is 3.37. The standard InChI is InChI=1S/C16H17F3O2/c1-11-13(4-2-3-9-20)10-15(21-11)12-5-7-14(8-6-12)16(17,18)19/h5-8,10,20H,2-4,9H2,1H3. The predicted octanol–water partition coefficient (Wildman–Crippen LogP) is 4.59. The second kappa shape index (κ2) is 6.35. The van der Waals surface area contributed by atoms with Crippen molar-refractivity contribution in [2.45, 2.75) is 32.4 Å². The fourth-order valence-electron chi connectivity index (χ4n) is 2.16. The van der Waals surface area contributed by atoms with Crippen molar-refractivity contribution in [2.24, 2.45) is 0 Å². The summed E-state index contributed by atoms with van der Waals surface area (Å²) in [6.45, 7) is 1.99. The summed E-state index contributed by atoms with van der Waals surface area (Å²) in [4.78, 5) is 0. The Hall–Kier alpha value is -1.75. The highest BCUT2D eigenvalue weighted by Crippen LogP contribution is 2.32. The summed E-state index contributed by atoms with van der Waals surface area (Å²) in [5.74, 6) is 1.34. The number of rotatable bonds is 5. The zero-order chi connectivity index (χ0) is 15.5. The Morgan fingerprint density at radius 1 is 1.10 bits per heavy atom. The first-order valence-corrected chi connectivity index (χ1v) is 6.79. The lowest BCUT2D eigenvalue weighted by atomic mass is 10.1. The lowest BCUT2D eigenvalue weighted by Crippen LogP contribution is -2.03. The molecule has 5 heteroatoms. The SMILES string of the molecule is Cc1oc(-c2ccc(C(F)(F)F)cc2)cc1CCCCO. The first-order chi connectivity index (χ1) is 9.91. The van der Waals surface area contributed by atoms with E-state index in [1.54, 1.807) is 0 Å². The van der Waals surface area contributed by atoms with Crippen LogP contribution in [0.2, 0.25) is 0 Å². The van der Waals surface area contributed by atoms with Gasteiger partial charge in [-0.2, -0.15) is 13.2 Å². The minimum atomic E-state index is -4.33. The van der Waals surface area contributed by atoms with Gasteiger partial charge in [0.2, 0.25) is 0 Å². The van der Waals surface area contributed by atoms with E-state index in [1.165, 1.54) is 12.1 Å². The maximum Gasteiger partial charge on any atom is 0.416 e. The number of hydrogen-bond acceptors (Lipinski definition) is 2. The van der Waals surface area contributed by atoms with Crippen LogP contribution < -0.4 is 0 Å². The van der Waals surface area contributed by atoms with Crippen molar-refractivity contribution in [1.29, 1.82) is 0 Å². The Bertz CT molecular complexity index is 583. The minimum absolute atomic E-state index is 0.155. The van der Waals surface area contributed by atoms with E-state index in [0.717, 1.165) is 42.7 Å². The summed E-state index contributed by atoms with van der Waals surface area (Å²) in [6, 6.07) is 6.80. The topological polar surface area (TPSA) is 33.4 Å². The van der Waals surface area contributed by atoms with Gasteiger partial charge in [0.25, 0.3) is 0 Å². The number of benzene rings is 1. The van der Waals surface area contributed by atoms with E-state index in [2.05, 4.69) is 0 Å². The number of alkyl halides is 3. The van der Waals surface area contributed by atoms with Gasteiger partial charge in [-0.15, -0.1) is 0 Å². The molecule has 0 aliphatic rings. The third-order valence-electron chi connectivity index (χ3n) is 3.37. The molecule has 0 saturated carbocycles. The number of aryl methyl sites for hydroxylation is 2. The molecule has 1 aromatic carbocycles. The Kier molecular flexibility index (Phi) is 4.73. The highest BCUT2D eigenvalue weighted by Gasteiger charge is 2.30. The van der Waals surface area contributed by atoms with Gasteiger partial charge in [0.15, 0.2) is 0 Å². The molecule has 114 valence electrons. The van der Waals surface area contributed by atoms with Crippen LogP contribution in [0.3, 0.4) is 0 Å². The van der Waals surface area contributed by atoms with E-state index >= 15 is 0 Å². The maximum absolute atomic E-state index is 12.5. The zero-order valence-corrected chi connectivity index (χ0v) is 11.7. The minimum Gasteiger partial charge on any atom is -0.461 e. The summed E-state index contributed by atoms with van der Waals surface area (Å²) >= 11 is 0. The van der Waals surface area contributed by atoms with Gasteiger partial charge in [-0.05, 0) is 49.9 Å². The highest BCUT2D eigenvalue weighted by molar-refractivity contribution is 5.59. The number of aliphatic hydroxyl groups excluding tert-OH is 1. The molecular weight excluding hydrogens is 281 g/mol. The first kappa shape index (κ1) is 15.6. The summed E-state index contributed by atoms with van der Waals surface area (Å²) in [7, 11) is 0. The number of furan rings is 1. The molecule has 0 aliphatic heterocycles. The molecule has 1 aromatic heterocycles.